The molecule has 1 aromatic heterocycles. The van der Waals surface area contributed by atoms with Gasteiger partial charge in [-0.3, -0.25) is 0 Å². The molecular formula is C16H20N4O5. The van der Waals surface area contributed by atoms with Crippen molar-refractivity contribution in [3.8, 4) is 17.2 Å². The van der Waals surface area contributed by atoms with Crippen molar-refractivity contribution >= 4 is 11.9 Å². The summed E-state index contributed by atoms with van der Waals surface area (Å²) in [6.45, 7) is 0. The van der Waals surface area contributed by atoms with Gasteiger partial charge in [0.15, 0.2) is 17.5 Å². The van der Waals surface area contributed by atoms with E-state index in [-0.39, 0.29) is 11.9 Å². The number of rotatable bonds is 5. The Morgan fingerprint density at radius 3 is 2.52 bits per heavy atom. The van der Waals surface area contributed by atoms with Crippen molar-refractivity contribution in [1.29, 1.82) is 0 Å². The van der Waals surface area contributed by atoms with E-state index < -0.39 is 12.0 Å². The minimum Gasteiger partial charge on any atom is -0.493 e. The summed E-state index contributed by atoms with van der Waals surface area (Å²) in [6.07, 6.45) is 0.980. The predicted molar refractivity (Wildman–Crippen MR) is 88.3 cm³/mol. The fourth-order valence-electron chi connectivity index (χ4n) is 3.32. The summed E-state index contributed by atoms with van der Waals surface area (Å²) in [7, 11) is 4.63. The number of carboxylic acids is 1. The zero-order valence-corrected chi connectivity index (χ0v) is 14.2. The van der Waals surface area contributed by atoms with Crippen LogP contribution in [0.1, 0.15) is 36.2 Å². The minimum atomic E-state index is -0.955. The van der Waals surface area contributed by atoms with Gasteiger partial charge in [-0.05, 0) is 18.9 Å². The van der Waals surface area contributed by atoms with Crippen molar-refractivity contribution in [2.75, 3.05) is 27.1 Å². The van der Waals surface area contributed by atoms with Crippen LogP contribution in [0, 0.1) is 0 Å². The van der Waals surface area contributed by atoms with Gasteiger partial charge >= 0.3 is 5.97 Å². The van der Waals surface area contributed by atoms with E-state index in [2.05, 4.69) is 10.1 Å². The molecule has 0 saturated carbocycles. The van der Waals surface area contributed by atoms with E-state index >= 15 is 0 Å². The van der Waals surface area contributed by atoms with Gasteiger partial charge in [0.05, 0.1) is 21.3 Å². The maximum atomic E-state index is 11.5. The average Bonchev–Trinajstić information content (AvgIpc) is 3.00. The molecule has 2 atom stereocenters. The standard InChI is InChI=1S/C16H20N4O5/c1-23-11-7-5-8(12(24-2)13(11)25-3)9-4-6-10(15(21)22)20-14(9)18-16(17)19-20/h5,7,9-10H,4,6H2,1-3H3,(H2,17,19)(H,21,22). The molecule has 2 unspecified atom stereocenters. The summed E-state index contributed by atoms with van der Waals surface area (Å²) < 4.78 is 17.7. The Bertz CT molecular complexity index is 804. The van der Waals surface area contributed by atoms with Gasteiger partial charge in [0.25, 0.3) is 0 Å². The molecule has 0 aliphatic carbocycles. The predicted octanol–water partition coefficient (Wildman–Crippen LogP) is 1.44. The summed E-state index contributed by atoms with van der Waals surface area (Å²) in [4.78, 5) is 15.7. The number of carbonyl (C=O) groups is 1. The molecule has 0 fully saturated rings. The van der Waals surface area contributed by atoms with Gasteiger partial charge in [-0.25, -0.2) is 9.48 Å². The van der Waals surface area contributed by atoms with Gasteiger partial charge in [-0.2, -0.15) is 4.98 Å². The number of benzene rings is 1. The number of carboxylic acid groups (broad SMARTS) is 1. The van der Waals surface area contributed by atoms with E-state index in [0.29, 0.717) is 35.9 Å². The number of aliphatic carboxylic acids is 1. The van der Waals surface area contributed by atoms with Crippen LogP contribution in [0.4, 0.5) is 5.95 Å². The average molecular weight is 348 g/mol. The maximum absolute atomic E-state index is 11.5. The first kappa shape index (κ1) is 16.9. The van der Waals surface area contributed by atoms with Crippen molar-refractivity contribution in [2.24, 2.45) is 0 Å². The van der Waals surface area contributed by atoms with Crippen molar-refractivity contribution in [2.45, 2.75) is 24.8 Å². The molecule has 3 rings (SSSR count). The summed E-state index contributed by atoms with van der Waals surface area (Å²) in [5.41, 5.74) is 6.54. The second kappa shape index (κ2) is 6.50. The Morgan fingerprint density at radius 2 is 1.92 bits per heavy atom. The normalized spacial score (nSPS) is 19.2. The third-order valence-corrected chi connectivity index (χ3v) is 4.40. The summed E-state index contributed by atoms with van der Waals surface area (Å²) >= 11 is 0. The van der Waals surface area contributed by atoms with Crippen LogP contribution in [0.5, 0.6) is 17.2 Å². The minimum absolute atomic E-state index is 0.0487. The number of ether oxygens (including phenoxy) is 3. The molecule has 1 aromatic carbocycles. The van der Waals surface area contributed by atoms with Crippen LogP contribution in [0.3, 0.4) is 0 Å². The third kappa shape index (κ3) is 2.71. The number of aromatic nitrogens is 3. The smallest absolute Gasteiger partial charge is 0.328 e. The van der Waals surface area contributed by atoms with E-state index in [1.165, 1.54) is 11.8 Å². The van der Waals surface area contributed by atoms with Gasteiger partial charge in [0, 0.05) is 11.5 Å². The zero-order valence-electron chi connectivity index (χ0n) is 14.2. The highest BCUT2D eigenvalue weighted by atomic mass is 16.5. The highest BCUT2D eigenvalue weighted by molar-refractivity contribution is 5.72. The number of nitrogen functional groups attached to an aromatic ring is 1. The fourth-order valence-corrected chi connectivity index (χ4v) is 3.32. The number of nitrogens with two attached hydrogens (primary N) is 1. The van der Waals surface area contributed by atoms with Crippen LogP contribution in [0.25, 0.3) is 0 Å². The molecule has 0 saturated heterocycles. The van der Waals surface area contributed by atoms with Gasteiger partial charge in [-0.1, -0.05) is 6.07 Å². The summed E-state index contributed by atoms with van der Waals surface area (Å²) in [5.74, 6) is 0.923. The second-order valence-electron chi connectivity index (χ2n) is 5.68. The van der Waals surface area contributed by atoms with Gasteiger partial charge in [-0.15, -0.1) is 5.10 Å². The monoisotopic (exact) mass is 348 g/mol. The molecule has 2 aromatic rings. The maximum Gasteiger partial charge on any atom is 0.328 e. The van der Waals surface area contributed by atoms with Crippen molar-refractivity contribution in [1.82, 2.24) is 14.8 Å². The van der Waals surface area contributed by atoms with Crippen LogP contribution in [0.2, 0.25) is 0 Å². The van der Waals surface area contributed by atoms with Crippen molar-refractivity contribution in [3.05, 3.63) is 23.5 Å². The van der Waals surface area contributed by atoms with Crippen LogP contribution in [-0.4, -0.2) is 47.2 Å². The van der Waals surface area contributed by atoms with E-state index in [0.717, 1.165) is 5.56 Å². The lowest BCUT2D eigenvalue weighted by atomic mass is 9.87. The van der Waals surface area contributed by atoms with Gasteiger partial charge < -0.3 is 25.1 Å². The lowest BCUT2D eigenvalue weighted by Crippen LogP contribution is -2.29. The molecule has 25 heavy (non-hydrogen) atoms. The first-order valence-electron chi connectivity index (χ1n) is 7.75. The molecule has 1 aliphatic rings. The molecule has 134 valence electrons. The number of fused-ring (bicyclic) bond motifs is 1. The number of hydrogen-bond donors (Lipinski definition) is 2. The molecule has 0 amide bonds. The highest BCUT2D eigenvalue weighted by Gasteiger charge is 2.37. The van der Waals surface area contributed by atoms with Crippen molar-refractivity contribution < 1.29 is 24.1 Å². The fraction of sp³-hybridized carbons (Fsp3) is 0.438. The number of methoxy groups -OCH3 is 3. The molecule has 0 bridgehead atoms. The van der Waals surface area contributed by atoms with Crippen LogP contribution >= 0.6 is 0 Å². The quantitative estimate of drug-likeness (QED) is 0.832. The topological polar surface area (TPSA) is 122 Å². The third-order valence-electron chi connectivity index (χ3n) is 4.40. The molecule has 1 aliphatic heterocycles. The highest BCUT2D eigenvalue weighted by Crippen LogP contribution is 2.47. The van der Waals surface area contributed by atoms with Gasteiger partial charge in [0.2, 0.25) is 11.7 Å². The largest absolute Gasteiger partial charge is 0.493 e. The van der Waals surface area contributed by atoms with Crippen LogP contribution in [-0.2, 0) is 4.79 Å². The Labute approximate surface area is 144 Å². The second-order valence-corrected chi connectivity index (χ2v) is 5.68. The van der Waals surface area contributed by atoms with Crippen LogP contribution in [0.15, 0.2) is 12.1 Å². The lowest BCUT2D eigenvalue weighted by molar-refractivity contribution is -0.141. The molecule has 9 heteroatoms. The zero-order chi connectivity index (χ0) is 18.1. The molecule has 9 nitrogen and oxygen atoms in total. The summed E-state index contributed by atoms with van der Waals surface area (Å²) in [5, 5.41) is 13.5. The molecule has 3 N–H and O–H groups in total. The Kier molecular flexibility index (Phi) is 4.39. The molecule has 0 radical (unpaired) electrons. The molecule has 2 heterocycles. The number of hydrogen-bond acceptors (Lipinski definition) is 7. The van der Waals surface area contributed by atoms with Crippen molar-refractivity contribution in [3.63, 3.8) is 0 Å². The first-order valence-corrected chi connectivity index (χ1v) is 7.75. The Hall–Kier alpha value is -2.97. The first-order chi connectivity index (χ1) is 12.0. The number of nitrogens with zero attached hydrogens (tertiary/aromatic N) is 3. The molecule has 0 spiro atoms. The van der Waals surface area contributed by atoms with E-state index in [1.54, 1.807) is 20.3 Å². The molecular weight excluding hydrogens is 328 g/mol. The SMILES string of the molecule is COc1ccc(C2CCC(C(=O)O)n3nc(N)nc32)c(OC)c1OC. The Morgan fingerprint density at radius 1 is 1.20 bits per heavy atom. The van der Waals surface area contributed by atoms with E-state index in [1.807, 2.05) is 6.07 Å². The number of anilines is 1. The lowest BCUT2D eigenvalue weighted by Gasteiger charge is -2.28. The Balaban J connectivity index is 2.14. The van der Waals surface area contributed by atoms with Gasteiger partial charge in [0.1, 0.15) is 5.82 Å². The summed E-state index contributed by atoms with van der Waals surface area (Å²) in [6, 6.07) is 2.87. The van der Waals surface area contributed by atoms with Crippen LogP contribution < -0.4 is 19.9 Å². The van der Waals surface area contributed by atoms with E-state index in [9.17, 15) is 9.90 Å². The van der Waals surface area contributed by atoms with E-state index in [4.69, 9.17) is 19.9 Å².